The number of hydrogen-bond donors (Lipinski definition) is 0. The summed E-state index contributed by atoms with van der Waals surface area (Å²) in [5, 5.41) is 0. The maximum Gasteiger partial charge on any atom is 0.0916 e. The molecule has 0 bridgehead atoms. The predicted molar refractivity (Wildman–Crippen MR) is 33.4 cm³/mol. The molecule has 9 heavy (non-hydrogen) atoms. The second-order valence-corrected chi connectivity index (χ2v) is 2.11. The molecule has 0 aliphatic heterocycles. The van der Waals surface area contributed by atoms with Crippen LogP contribution in [0.4, 0.5) is 0 Å². The van der Waals surface area contributed by atoms with Crippen LogP contribution in [0, 0.1) is 45.2 Å². The molecule has 0 amide bonds. The summed E-state index contributed by atoms with van der Waals surface area (Å²) < 4.78 is 27.2. The molecule has 0 unspecified atom stereocenters. The molecular weight excluding hydrogens is 168 g/mol. The van der Waals surface area contributed by atoms with Crippen LogP contribution in [0.5, 0.6) is 0 Å². The zero-order chi connectivity index (χ0) is 6.50. The van der Waals surface area contributed by atoms with Crippen molar-refractivity contribution < 1.29 is 50.7 Å². The smallest absolute Gasteiger partial charge is 0.0916 e. The van der Waals surface area contributed by atoms with E-state index in [1.807, 2.05) is 13.8 Å². The molecule has 0 fully saturated rings. The first-order chi connectivity index (χ1) is 3.00. The Kier molecular flexibility index (Phi) is 29.5. The van der Waals surface area contributed by atoms with Gasteiger partial charge < -0.3 is 4.55 Å². The molecule has 0 aromatic rings. The first kappa shape index (κ1) is 22.5. The van der Waals surface area contributed by atoms with E-state index in [2.05, 4.69) is 0 Å². The molecule has 0 saturated carbocycles. The summed E-state index contributed by atoms with van der Waals surface area (Å²) in [6, 6.07) is 0. The molecule has 0 aliphatic rings. The van der Waals surface area contributed by atoms with Crippen molar-refractivity contribution >= 4 is 10.1 Å². The Morgan fingerprint density at radius 2 is 1.22 bits per heavy atom. The third-order valence-corrected chi connectivity index (χ3v) is 0. The number of rotatable bonds is 0. The fourth-order valence-electron chi connectivity index (χ4n) is 0. The zero-order valence-corrected chi connectivity index (χ0v) is 7.51. The predicted octanol–water partition coefficient (Wildman–Crippen LogP) is 0.638. The van der Waals surface area contributed by atoms with Gasteiger partial charge in [-0.05, 0) is 0 Å². The largest absolute Gasteiger partial charge is 0.748 e. The second-order valence-electron chi connectivity index (χ2n) is 0.704. The van der Waals surface area contributed by atoms with Gasteiger partial charge in [0, 0.05) is 51.4 Å². The fraction of sp³-hybridized carbons (Fsp3) is 0.750. The van der Waals surface area contributed by atoms with Gasteiger partial charge in [0.15, 0.2) is 0 Å². The van der Waals surface area contributed by atoms with Gasteiger partial charge in [0.25, 0.3) is 0 Å². The Balaban J connectivity index is -0.0000000286. The molecular formula is C4H12ArO3S. The SMILES string of the molecule is CC.CS(=O)(=O)[O-].[Ar].[CH3+]. The minimum Gasteiger partial charge on any atom is -0.748 e. The summed E-state index contributed by atoms with van der Waals surface area (Å²) in [5.74, 6) is 0. The average Bonchev–Trinajstić information content (AvgIpc) is 1.36. The van der Waals surface area contributed by atoms with E-state index in [9.17, 15) is 0 Å². The molecule has 0 heterocycles. The van der Waals surface area contributed by atoms with Gasteiger partial charge >= 0.3 is 0 Å². The first-order valence-electron chi connectivity index (χ1n) is 1.91. The van der Waals surface area contributed by atoms with Crippen molar-refractivity contribution in [3.63, 3.8) is 0 Å². The molecule has 3 nitrogen and oxygen atoms in total. The molecule has 0 aromatic carbocycles. The summed E-state index contributed by atoms with van der Waals surface area (Å²) in [4.78, 5) is 0. The minimum atomic E-state index is -3.92. The van der Waals surface area contributed by atoms with E-state index in [4.69, 9.17) is 13.0 Å². The van der Waals surface area contributed by atoms with Gasteiger partial charge in [0.05, 0.1) is 10.1 Å². The van der Waals surface area contributed by atoms with E-state index in [0.717, 1.165) is 0 Å². The van der Waals surface area contributed by atoms with Crippen LogP contribution in [0.25, 0.3) is 0 Å². The van der Waals surface area contributed by atoms with Gasteiger partial charge in [-0.3, -0.25) is 0 Å². The quantitative estimate of drug-likeness (QED) is 0.406. The maximum absolute atomic E-state index is 9.08. The van der Waals surface area contributed by atoms with Crippen LogP contribution in [0.15, 0.2) is 0 Å². The summed E-state index contributed by atoms with van der Waals surface area (Å²) in [5.41, 5.74) is 0. The van der Waals surface area contributed by atoms with E-state index >= 15 is 0 Å². The van der Waals surface area contributed by atoms with E-state index in [1.165, 1.54) is 0 Å². The van der Waals surface area contributed by atoms with Crippen molar-refractivity contribution in [2.24, 2.45) is 0 Å². The Morgan fingerprint density at radius 1 is 1.22 bits per heavy atom. The van der Waals surface area contributed by atoms with Gasteiger partial charge in [-0.25, -0.2) is 8.42 Å². The van der Waals surface area contributed by atoms with E-state index in [1.54, 1.807) is 0 Å². The standard InChI is InChI=1S/C2H6.CH4O3S.CH3.Ar/c1-2;1-5(2,3)4;;/h1-2H3;1H3,(H,2,3,4);1H3;/q;;+1;/p-1. The molecule has 60 valence electrons. The van der Waals surface area contributed by atoms with Crippen molar-refractivity contribution in [2.75, 3.05) is 6.26 Å². The van der Waals surface area contributed by atoms with Crippen LogP contribution < -0.4 is 0 Å². The molecule has 0 saturated heterocycles. The maximum atomic E-state index is 9.08. The van der Waals surface area contributed by atoms with Crippen LogP contribution in [0.1, 0.15) is 13.8 Å². The first-order valence-corrected chi connectivity index (χ1v) is 3.72. The summed E-state index contributed by atoms with van der Waals surface area (Å²) in [6.45, 7) is 4.00. The van der Waals surface area contributed by atoms with E-state index in [0.29, 0.717) is 6.26 Å². The van der Waals surface area contributed by atoms with Gasteiger partial charge in [-0.1, -0.05) is 13.8 Å². The van der Waals surface area contributed by atoms with Crippen LogP contribution in [0.2, 0.25) is 0 Å². The normalized spacial score (nSPS) is 7.11. The van der Waals surface area contributed by atoms with Crippen molar-refractivity contribution in [3.05, 3.63) is 7.43 Å². The van der Waals surface area contributed by atoms with E-state index in [-0.39, 0.29) is 45.2 Å². The van der Waals surface area contributed by atoms with Crippen molar-refractivity contribution in [3.8, 4) is 0 Å². The van der Waals surface area contributed by atoms with Crippen molar-refractivity contribution in [1.29, 1.82) is 0 Å². The summed E-state index contributed by atoms with van der Waals surface area (Å²) in [6.07, 6.45) is 0.604. The Labute approximate surface area is 87.6 Å². The zero-order valence-electron chi connectivity index (χ0n) is 5.99. The third kappa shape index (κ3) is 414. The molecule has 0 aliphatic carbocycles. The fourth-order valence-corrected chi connectivity index (χ4v) is 0. The van der Waals surface area contributed by atoms with Gasteiger partial charge in [0.2, 0.25) is 0 Å². The Morgan fingerprint density at radius 3 is 1.22 bits per heavy atom. The van der Waals surface area contributed by atoms with Crippen LogP contribution >= 0.6 is 0 Å². The molecule has 0 aromatic heterocycles. The molecule has 5 heteroatoms. The molecule has 0 rings (SSSR count). The molecule has 0 radical (unpaired) electrons. The topological polar surface area (TPSA) is 57.2 Å². The summed E-state index contributed by atoms with van der Waals surface area (Å²) >= 11 is 0. The van der Waals surface area contributed by atoms with Crippen LogP contribution in [-0.4, -0.2) is 19.2 Å². The minimum absolute atomic E-state index is 0. The van der Waals surface area contributed by atoms with Gasteiger partial charge in [0.1, 0.15) is 0 Å². The molecule has 0 atom stereocenters. The van der Waals surface area contributed by atoms with Crippen molar-refractivity contribution in [1.82, 2.24) is 0 Å². The van der Waals surface area contributed by atoms with Crippen LogP contribution in [0.3, 0.4) is 0 Å². The van der Waals surface area contributed by atoms with Gasteiger partial charge in [-0.15, -0.1) is 0 Å². The average molecular weight is 180 g/mol. The third-order valence-electron chi connectivity index (χ3n) is 0. The monoisotopic (exact) mass is 180 g/mol. The van der Waals surface area contributed by atoms with Crippen molar-refractivity contribution in [2.45, 2.75) is 13.8 Å². The Hall–Kier alpha value is 1.04. The number of hydrogen-bond acceptors (Lipinski definition) is 3. The van der Waals surface area contributed by atoms with Gasteiger partial charge in [-0.2, -0.15) is 0 Å². The van der Waals surface area contributed by atoms with E-state index < -0.39 is 10.1 Å². The molecule has 0 spiro atoms. The Bertz CT molecular complexity index is 99.0. The summed E-state index contributed by atoms with van der Waals surface area (Å²) in [7, 11) is -3.92. The second kappa shape index (κ2) is 11.8. The molecule has 0 N–H and O–H groups in total. The van der Waals surface area contributed by atoms with Crippen LogP contribution in [-0.2, 0) is 10.1 Å².